The van der Waals surface area contributed by atoms with Gasteiger partial charge in [0.15, 0.2) is 0 Å². The van der Waals surface area contributed by atoms with Gasteiger partial charge in [-0.25, -0.2) is 4.68 Å². The molecular formula is C14H20N4O2. The summed E-state index contributed by atoms with van der Waals surface area (Å²) in [6, 6.07) is 5.90. The second-order valence-corrected chi connectivity index (χ2v) is 4.29. The zero-order valence-electron chi connectivity index (χ0n) is 12.0. The highest BCUT2D eigenvalue weighted by Crippen LogP contribution is 2.24. The Balaban J connectivity index is 2.44. The van der Waals surface area contributed by atoms with Crippen LogP contribution >= 0.6 is 0 Å². The maximum atomic E-state index is 7.32. The molecule has 0 atom stereocenters. The van der Waals surface area contributed by atoms with Crippen LogP contribution in [0.5, 0.6) is 0 Å². The Bertz CT molecular complexity index is 576. The lowest BCUT2D eigenvalue weighted by Crippen LogP contribution is -2.18. The first-order valence-electron chi connectivity index (χ1n) is 6.65. The second-order valence-electron chi connectivity index (χ2n) is 4.29. The smallest absolute Gasteiger partial charge is 0.260 e. The van der Waals surface area contributed by atoms with Crippen LogP contribution in [0.15, 0.2) is 24.4 Å². The summed E-state index contributed by atoms with van der Waals surface area (Å²) in [4.78, 5) is 1.73. The first-order valence-corrected chi connectivity index (χ1v) is 6.65. The van der Waals surface area contributed by atoms with Crippen molar-refractivity contribution < 1.29 is 9.47 Å². The van der Waals surface area contributed by atoms with Gasteiger partial charge in [-0.15, -0.1) is 0 Å². The van der Waals surface area contributed by atoms with Gasteiger partial charge in [-0.2, -0.15) is 5.10 Å². The predicted molar refractivity (Wildman–Crippen MR) is 79.2 cm³/mol. The average Bonchev–Trinajstić information content (AvgIpc) is 2.89. The van der Waals surface area contributed by atoms with E-state index in [2.05, 4.69) is 5.10 Å². The Hall–Kier alpha value is -1.92. The van der Waals surface area contributed by atoms with Crippen molar-refractivity contribution in [3.05, 3.63) is 24.4 Å². The van der Waals surface area contributed by atoms with Crippen LogP contribution in [-0.4, -0.2) is 36.4 Å². The van der Waals surface area contributed by atoms with Crippen molar-refractivity contribution in [3.63, 3.8) is 0 Å². The van der Waals surface area contributed by atoms with Crippen LogP contribution in [0.1, 0.15) is 20.3 Å². The number of fused-ring (bicyclic) bond motifs is 1. The molecule has 0 saturated heterocycles. The number of ether oxygens (including phenoxy) is 2. The molecule has 20 heavy (non-hydrogen) atoms. The van der Waals surface area contributed by atoms with Crippen molar-refractivity contribution in [3.8, 4) is 0 Å². The molecule has 0 amide bonds. The molecule has 2 rings (SSSR count). The van der Waals surface area contributed by atoms with Gasteiger partial charge in [0, 0.05) is 31.3 Å². The van der Waals surface area contributed by atoms with E-state index >= 15 is 0 Å². The highest BCUT2D eigenvalue weighted by Gasteiger charge is 2.15. The van der Waals surface area contributed by atoms with Crippen LogP contribution in [0, 0.1) is 5.41 Å². The van der Waals surface area contributed by atoms with E-state index in [0.29, 0.717) is 13.2 Å². The zero-order chi connectivity index (χ0) is 14.5. The highest BCUT2D eigenvalue weighted by molar-refractivity contribution is 5.86. The first kappa shape index (κ1) is 14.5. The molecule has 108 valence electrons. The molecule has 0 unspecified atom stereocenters. The molecule has 0 aliphatic carbocycles. The number of aromatic nitrogens is 2. The van der Waals surface area contributed by atoms with Gasteiger partial charge in [0.25, 0.3) is 6.41 Å². The molecule has 0 aliphatic rings. The number of nitrogens with zero attached hydrogens (tertiary/aromatic N) is 3. The van der Waals surface area contributed by atoms with E-state index in [1.54, 1.807) is 15.8 Å². The van der Waals surface area contributed by atoms with Gasteiger partial charge < -0.3 is 14.4 Å². The van der Waals surface area contributed by atoms with E-state index < -0.39 is 6.41 Å². The molecular weight excluding hydrogens is 256 g/mol. The average molecular weight is 276 g/mol. The minimum atomic E-state index is -0.525. The lowest BCUT2D eigenvalue weighted by atomic mass is 10.2. The minimum Gasteiger partial charge on any atom is -0.336 e. The Morgan fingerprint density at radius 1 is 1.35 bits per heavy atom. The van der Waals surface area contributed by atoms with Gasteiger partial charge in [-0.1, -0.05) is 0 Å². The highest BCUT2D eigenvalue weighted by atomic mass is 16.7. The topological polar surface area (TPSA) is 63.4 Å². The first-order chi connectivity index (χ1) is 9.71. The van der Waals surface area contributed by atoms with Gasteiger partial charge in [0.05, 0.1) is 18.1 Å². The normalized spacial score (nSPS) is 11.2. The number of anilines is 1. The van der Waals surface area contributed by atoms with Crippen LogP contribution < -0.4 is 4.90 Å². The zero-order valence-corrected chi connectivity index (χ0v) is 12.0. The fraction of sp³-hybridized carbons (Fsp3) is 0.429. The maximum absolute atomic E-state index is 7.32. The van der Waals surface area contributed by atoms with Crippen molar-refractivity contribution in [2.45, 2.75) is 20.3 Å². The van der Waals surface area contributed by atoms with Crippen LogP contribution in [0.3, 0.4) is 0 Å². The molecule has 1 aromatic carbocycles. The van der Waals surface area contributed by atoms with Crippen molar-refractivity contribution in [2.75, 3.05) is 25.2 Å². The quantitative estimate of drug-likeness (QED) is 0.479. The van der Waals surface area contributed by atoms with Crippen LogP contribution in [0.4, 0.5) is 5.69 Å². The van der Waals surface area contributed by atoms with Crippen LogP contribution in [0.25, 0.3) is 10.9 Å². The standard InChI is InChI=1S/C14H20N4O2/c1-4-19-14(20-5-2)18-13-8-12(17(3)10-15)7-6-11(13)9-16-18/h6-10,14-15H,4-5H2,1-3H3. The third kappa shape index (κ3) is 2.81. The molecule has 1 aromatic heterocycles. The number of nitrogens with one attached hydrogen (secondary N) is 1. The molecule has 0 aliphatic heterocycles. The second kappa shape index (κ2) is 6.49. The predicted octanol–water partition coefficient (Wildman–Crippen LogP) is 2.61. The number of hydrogen-bond donors (Lipinski definition) is 1. The largest absolute Gasteiger partial charge is 0.336 e. The number of rotatable bonds is 7. The number of hydrogen-bond acceptors (Lipinski definition) is 4. The van der Waals surface area contributed by atoms with Crippen molar-refractivity contribution >= 4 is 22.9 Å². The molecule has 6 heteroatoms. The van der Waals surface area contributed by atoms with Gasteiger partial charge in [0.1, 0.15) is 0 Å². The van der Waals surface area contributed by atoms with Crippen molar-refractivity contribution in [1.29, 1.82) is 5.41 Å². The molecule has 0 fully saturated rings. The van der Waals surface area contributed by atoms with E-state index in [9.17, 15) is 0 Å². The van der Waals surface area contributed by atoms with E-state index in [1.807, 2.05) is 39.1 Å². The van der Waals surface area contributed by atoms with E-state index in [4.69, 9.17) is 14.9 Å². The van der Waals surface area contributed by atoms with Gasteiger partial charge in [-0.3, -0.25) is 5.41 Å². The maximum Gasteiger partial charge on any atom is 0.260 e. The molecule has 2 aromatic rings. The molecule has 0 saturated carbocycles. The molecule has 1 N–H and O–H groups in total. The summed E-state index contributed by atoms with van der Waals surface area (Å²) in [5, 5.41) is 12.7. The molecule has 1 heterocycles. The summed E-state index contributed by atoms with van der Waals surface area (Å²) < 4.78 is 12.9. The summed E-state index contributed by atoms with van der Waals surface area (Å²) in [6.45, 7) is 4.94. The summed E-state index contributed by atoms with van der Waals surface area (Å²) in [7, 11) is 1.83. The molecule has 0 spiro atoms. The fourth-order valence-corrected chi connectivity index (χ4v) is 1.96. The lowest BCUT2D eigenvalue weighted by Gasteiger charge is -2.19. The van der Waals surface area contributed by atoms with Crippen molar-refractivity contribution in [1.82, 2.24) is 9.78 Å². The summed E-state index contributed by atoms with van der Waals surface area (Å²) >= 11 is 0. The van der Waals surface area contributed by atoms with E-state index in [1.165, 1.54) is 6.34 Å². The molecule has 0 radical (unpaired) electrons. The summed E-state index contributed by atoms with van der Waals surface area (Å²) in [5.74, 6) is 0. The lowest BCUT2D eigenvalue weighted by molar-refractivity contribution is -0.189. The van der Waals surface area contributed by atoms with Gasteiger partial charge in [0.2, 0.25) is 0 Å². The Morgan fingerprint density at radius 2 is 2.05 bits per heavy atom. The SMILES string of the molecule is CCOC(OCC)n1ncc2ccc(N(C)C=N)cc21. The third-order valence-electron chi connectivity index (χ3n) is 3.00. The Labute approximate surface area is 118 Å². The summed E-state index contributed by atoms with van der Waals surface area (Å²) in [5.41, 5.74) is 1.84. The summed E-state index contributed by atoms with van der Waals surface area (Å²) in [6.07, 6.45) is 2.53. The number of benzene rings is 1. The van der Waals surface area contributed by atoms with Crippen LogP contribution in [0.2, 0.25) is 0 Å². The van der Waals surface area contributed by atoms with Gasteiger partial charge in [-0.05, 0) is 32.0 Å². The Morgan fingerprint density at radius 3 is 2.65 bits per heavy atom. The Kier molecular flexibility index (Phi) is 4.70. The third-order valence-corrected chi connectivity index (χ3v) is 3.00. The van der Waals surface area contributed by atoms with E-state index in [-0.39, 0.29) is 0 Å². The fourth-order valence-electron chi connectivity index (χ4n) is 1.96. The van der Waals surface area contributed by atoms with Crippen LogP contribution in [-0.2, 0) is 9.47 Å². The molecule has 0 bridgehead atoms. The monoisotopic (exact) mass is 276 g/mol. The van der Waals surface area contributed by atoms with Gasteiger partial charge >= 0.3 is 0 Å². The molecule has 6 nitrogen and oxygen atoms in total. The van der Waals surface area contributed by atoms with E-state index in [0.717, 1.165) is 16.6 Å². The van der Waals surface area contributed by atoms with Crippen molar-refractivity contribution in [2.24, 2.45) is 0 Å². The minimum absolute atomic E-state index is 0.525.